The molecule has 9 amide bonds. The number of phenolic OH excluding ortho intramolecular Hbond substituents is 1. The zero-order valence-electron chi connectivity index (χ0n) is 47.1. The number of imidazole rings is 1. The first-order valence-corrected chi connectivity index (χ1v) is 26.8. The molecule has 0 spiro atoms. The summed E-state index contributed by atoms with van der Waals surface area (Å²) in [5, 5.41) is 43.4. The highest BCUT2D eigenvalue weighted by molar-refractivity contribution is 5.98. The summed E-state index contributed by atoms with van der Waals surface area (Å²) < 4.78 is 0. The highest BCUT2D eigenvalue weighted by Crippen LogP contribution is 2.14. The molecule has 1 aromatic heterocycles. The number of carboxylic acid groups (broad SMARTS) is 1. The van der Waals surface area contributed by atoms with E-state index in [1.165, 1.54) is 57.6 Å². The number of amides is 9. The van der Waals surface area contributed by atoms with Crippen LogP contribution in [-0.4, -0.2) is 140 Å². The second-order valence-corrected chi connectivity index (χ2v) is 21.0. The molecule has 4 aromatic rings. The molecule has 0 bridgehead atoms. The molecule has 24 heteroatoms. The quantitative estimate of drug-likeness (QED) is 0.0332. The number of aromatic amines is 1. The van der Waals surface area contributed by atoms with E-state index in [1.54, 1.807) is 102 Å². The molecule has 0 fully saturated rings. The fraction of sp³-hybridized carbons (Fsp3) is 0.456. The molecule has 4 rings (SSSR count). The molecule has 24 nitrogen and oxygen atoms in total. The summed E-state index contributed by atoms with van der Waals surface area (Å²) in [6.07, 6.45) is 2.33. The number of benzene rings is 3. The van der Waals surface area contributed by atoms with Gasteiger partial charge in [-0.05, 0) is 67.3 Å². The number of nitrogens with two attached hydrogens (primary N) is 1. The van der Waals surface area contributed by atoms with Crippen LogP contribution < -0.4 is 53.6 Å². The average Bonchev–Trinajstić information content (AvgIpc) is 3.95. The van der Waals surface area contributed by atoms with Gasteiger partial charge in [-0.3, -0.25) is 43.2 Å². The number of hydrogen-bond acceptors (Lipinski definition) is 13. The molecule has 0 saturated heterocycles. The third kappa shape index (κ3) is 20.8. The number of phenols is 1. The zero-order chi connectivity index (χ0) is 60.1. The van der Waals surface area contributed by atoms with Gasteiger partial charge >= 0.3 is 5.97 Å². The maximum absolute atomic E-state index is 14.4. The highest BCUT2D eigenvalue weighted by atomic mass is 16.4. The van der Waals surface area contributed by atoms with Gasteiger partial charge in [-0.25, -0.2) is 9.78 Å². The van der Waals surface area contributed by atoms with Crippen molar-refractivity contribution in [1.29, 1.82) is 0 Å². The number of aliphatic carboxylic acids is 1. The van der Waals surface area contributed by atoms with Gasteiger partial charge in [-0.2, -0.15) is 0 Å². The molecule has 0 unspecified atom stereocenters. The largest absolute Gasteiger partial charge is 0.508 e. The Morgan fingerprint density at radius 3 is 1.22 bits per heavy atom. The molecular formula is C57H78N12O12. The van der Waals surface area contributed by atoms with Gasteiger partial charge < -0.3 is 68.8 Å². The Bertz CT molecular complexity index is 2760. The Balaban J connectivity index is 1.48. The Labute approximate surface area is 471 Å². The molecule has 0 aliphatic carbocycles. The third-order valence-electron chi connectivity index (χ3n) is 13.2. The third-order valence-corrected chi connectivity index (χ3v) is 13.2. The van der Waals surface area contributed by atoms with Crippen molar-refractivity contribution in [3.63, 3.8) is 0 Å². The minimum atomic E-state index is -1.44. The van der Waals surface area contributed by atoms with Gasteiger partial charge in [0.15, 0.2) is 0 Å². The summed E-state index contributed by atoms with van der Waals surface area (Å²) in [4.78, 5) is 143. The minimum Gasteiger partial charge on any atom is -0.508 e. The Morgan fingerprint density at radius 2 is 0.790 bits per heavy atom. The van der Waals surface area contributed by atoms with Crippen LogP contribution in [0.25, 0.3) is 0 Å². The minimum absolute atomic E-state index is 0.0321. The normalized spacial score (nSPS) is 14.9. The van der Waals surface area contributed by atoms with Crippen molar-refractivity contribution in [3.8, 4) is 5.75 Å². The number of nitrogens with zero attached hydrogens (tertiary/aromatic N) is 1. The van der Waals surface area contributed by atoms with Crippen molar-refractivity contribution >= 4 is 59.1 Å². The smallest absolute Gasteiger partial charge is 0.326 e. The van der Waals surface area contributed by atoms with E-state index >= 15 is 0 Å². The Kier molecular flexibility index (Phi) is 25.0. The summed E-state index contributed by atoms with van der Waals surface area (Å²) in [5.41, 5.74) is 8.12. The predicted molar refractivity (Wildman–Crippen MR) is 299 cm³/mol. The first kappa shape index (κ1) is 64.9. The average molecular weight is 1120 g/mol. The van der Waals surface area contributed by atoms with Crippen molar-refractivity contribution in [2.24, 2.45) is 23.5 Å². The summed E-state index contributed by atoms with van der Waals surface area (Å²) in [7, 11) is 0. The monoisotopic (exact) mass is 1120 g/mol. The summed E-state index contributed by atoms with van der Waals surface area (Å²) in [6, 6.07) is 10.7. The lowest BCUT2D eigenvalue weighted by Gasteiger charge is -2.29. The highest BCUT2D eigenvalue weighted by Gasteiger charge is 2.36. The molecule has 81 heavy (non-hydrogen) atoms. The van der Waals surface area contributed by atoms with Gasteiger partial charge in [0.05, 0.1) is 12.4 Å². The lowest BCUT2D eigenvalue weighted by atomic mass is 9.99. The lowest BCUT2D eigenvalue weighted by molar-refractivity contribution is -0.142. The van der Waals surface area contributed by atoms with Gasteiger partial charge in [0.1, 0.15) is 60.1 Å². The van der Waals surface area contributed by atoms with Crippen LogP contribution in [0.15, 0.2) is 97.5 Å². The van der Waals surface area contributed by atoms with Crippen LogP contribution in [0.1, 0.15) is 84.7 Å². The van der Waals surface area contributed by atoms with Crippen molar-refractivity contribution in [2.75, 3.05) is 0 Å². The number of nitrogens with one attached hydrogen (secondary N) is 10. The van der Waals surface area contributed by atoms with Crippen LogP contribution >= 0.6 is 0 Å². The first-order valence-electron chi connectivity index (χ1n) is 26.8. The molecule has 10 atom stereocenters. The number of aromatic hydroxyl groups is 1. The van der Waals surface area contributed by atoms with Crippen molar-refractivity contribution in [3.05, 3.63) is 120 Å². The van der Waals surface area contributed by atoms with E-state index < -0.39 is 125 Å². The second kappa shape index (κ2) is 31.2. The summed E-state index contributed by atoms with van der Waals surface area (Å²) in [5.74, 6) is -9.32. The van der Waals surface area contributed by atoms with Gasteiger partial charge in [-0.1, -0.05) is 114 Å². The van der Waals surface area contributed by atoms with Crippen LogP contribution in [0.3, 0.4) is 0 Å². The van der Waals surface area contributed by atoms with E-state index in [4.69, 9.17) is 5.73 Å². The number of aromatic nitrogens is 2. The molecule has 0 aliphatic rings. The van der Waals surface area contributed by atoms with E-state index in [0.29, 0.717) is 22.4 Å². The molecule has 3 aromatic carbocycles. The van der Waals surface area contributed by atoms with Gasteiger partial charge in [-0.15, -0.1) is 0 Å². The van der Waals surface area contributed by atoms with Crippen molar-refractivity contribution < 1.29 is 58.2 Å². The van der Waals surface area contributed by atoms with Gasteiger partial charge in [0.2, 0.25) is 53.2 Å². The lowest BCUT2D eigenvalue weighted by Crippen LogP contribution is -2.61. The van der Waals surface area contributed by atoms with Crippen LogP contribution in [0, 0.1) is 17.8 Å². The maximum atomic E-state index is 14.4. The van der Waals surface area contributed by atoms with Crippen molar-refractivity contribution in [2.45, 2.75) is 148 Å². The number of carbonyl (C=O) groups is 10. The van der Waals surface area contributed by atoms with Crippen molar-refractivity contribution in [1.82, 2.24) is 57.8 Å². The Morgan fingerprint density at radius 1 is 0.432 bits per heavy atom. The molecule has 1 heterocycles. The number of rotatable bonds is 30. The molecule has 14 N–H and O–H groups in total. The summed E-state index contributed by atoms with van der Waals surface area (Å²) in [6.45, 7) is 14.4. The predicted octanol–water partition coefficient (Wildman–Crippen LogP) is 0.189. The van der Waals surface area contributed by atoms with Gasteiger partial charge in [0, 0.05) is 37.6 Å². The molecule has 438 valence electrons. The summed E-state index contributed by atoms with van der Waals surface area (Å²) >= 11 is 0. The number of hydrogen-bond donors (Lipinski definition) is 13. The van der Waals surface area contributed by atoms with E-state index in [9.17, 15) is 58.2 Å². The molecule has 0 aliphatic heterocycles. The first-order chi connectivity index (χ1) is 38.2. The second-order valence-electron chi connectivity index (χ2n) is 21.0. The van der Waals surface area contributed by atoms with Crippen LogP contribution in [0.5, 0.6) is 5.75 Å². The fourth-order valence-corrected chi connectivity index (χ4v) is 8.17. The number of carboxylic acids is 1. The van der Waals surface area contributed by atoms with E-state index in [-0.39, 0.29) is 43.3 Å². The number of carbonyl (C=O) groups excluding carboxylic acids is 9. The molecular weight excluding hydrogens is 1040 g/mol. The SMILES string of the molecule is CC(C)[C@H](N)C(=O)N[C@H](C(=O)N[C@@H](C)C(=O)N[C@@H](C)C(=O)N[C@@H](C)C(=O)N[C@@H](Cc1ccccc1)C(=O)N[C@H](C(=O)N[C@@H](Cc1cnc[nH]1)C(=O)N[C@@H](Cc1ccccc1)C(=O)N[C@@H](Cc1ccc(O)cc1)C(=O)O)C(C)C)C(C)C. The van der Waals surface area contributed by atoms with E-state index in [1.807, 2.05) is 0 Å². The number of H-pyrrole nitrogens is 1. The topological polar surface area (TPSA) is 374 Å². The van der Waals surface area contributed by atoms with Gasteiger partial charge in [0.25, 0.3) is 0 Å². The van der Waals surface area contributed by atoms with E-state index in [0.717, 1.165) is 0 Å². The van der Waals surface area contributed by atoms with Crippen LogP contribution in [0.4, 0.5) is 0 Å². The Hall–Kier alpha value is -8.67. The van der Waals surface area contributed by atoms with E-state index in [2.05, 4.69) is 57.8 Å². The molecule has 0 saturated carbocycles. The standard InChI is InChI=1S/C57H78N12O12/c1-30(2)45(58)54(77)69-46(31(3)4)55(78)63-34(8)49(72)61-33(7)48(71)62-35(9)50(73)64-42(25-37-18-14-11-15-19-37)53(76)68-47(32(5)6)56(79)66-43(27-39-28-59-29-60-39)52(75)65-41(24-36-16-12-10-13-17-36)51(74)67-44(57(80)81)26-38-20-22-40(70)23-21-38/h10-23,28-35,41-47,70H,24-27,58H2,1-9H3,(H,59,60)(H,61,72)(H,62,71)(H,63,78)(H,64,73)(H,65,75)(H,66,79)(H,67,74)(H,68,76)(H,69,77)(H,80,81)/t33-,34-,35-,41-,42-,43-,44-,45-,46-,47-/m0/s1. The van der Waals surface area contributed by atoms with Crippen LogP contribution in [-0.2, 0) is 73.6 Å². The van der Waals surface area contributed by atoms with Crippen LogP contribution in [0.2, 0.25) is 0 Å². The maximum Gasteiger partial charge on any atom is 0.326 e. The molecule has 0 radical (unpaired) electrons. The fourth-order valence-electron chi connectivity index (χ4n) is 8.17. The zero-order valence-corrected chi connectivity index (χ0v) is 47.1.